The van der Waals surface area contributed by atoms with Gasteiger partial charge in [-0.05, 0) is 62.0 Å². The van der Waals surface area contributed by atoms with E-state index in [4.69, 9.17) is 9.47 Å². The normalized spacial score (nSPS) is 18.1. The van der Waals surface area contributed by atoms with Gasteiger partial charge in [0.05, 0.1) is 12.7 Å². The predicted molar refractivity (Wildman–Crippen MR) is 125 cm³/mol. The number of amides is 1. The smallest absolute Gasteiger partial charge is 0.416 e. The molecule has 0 N–H and O–H groups in total. The van der Waals surface area contributed by atoms with E-state index >= 15 is 0 Å². The van der Waals surface area contributed by atoms with Crippen LogP contribution in [0.2, 0.25) is 0 Å². The van der Waals surface area contributed by atoms with Gasteiger partial charge in [-0.1, -0.05) is 12.1 Å². The molecule has 34 heavy (non-hydrogen) atoms. The van der Waals surface area contributed by atoms with Crippen LogP contribution >= 0.6 is 12.4 Å². The molecule has 6 nitrogen and oxygen atoms in total. The van der Waals surface area contributed by atoms with E-state index in [1.807, 2.05) is 19.0 Å². The van der Waals surface area contributed by atoms with Crippen molar-refractivity contribution in [1.82, 2.24) is 4.90 Å². The van der Waals surface area contributed by atoms with Crippen molar-refractivity contribution in [2.45, 2.75) is 31.5 Å². The molecular weight excluding hydrogens is 473 g/mol. The van der Waals surface area contributed by atoms with Crippen molar-refractivity contribution in [3.05, 3.63) is 59.2 Å². The van der Waals surface area contributed by atoms with Gasteiger partial charge in [0.2, 0.25) is 0 Å². The molecule has 1 aliphatic heterocycles. The summed E-state index contributed by atoms with van der Waals surface area (Å²) < 4.78 is 51.1. The van der Waals surface area contributed by atoms with E-state index in [9.17, 15) is 22.8 Å². The van der Waals surface area contributed by atoms with Crippen molar-refractivity contribution < 1.29 is 32.2 Å². The number of rotatable bonds is 6. The monoisotopic (exact) mass is 500 g/mol. The fourth-order valence-electron chi connectivity index (χ4n) is 3.96. The molecule has 0 fully saturated rings. The second-order valence-corrected chi connectivity index (χ2v) is 8.25. The lowest BCUT2D eigenvalue weighted by atomic mass is 9.87. The van der Waals surface area contributed by atoms with Gasteiger partial charge < -0.3 is 19.3 Å². The number of esters is 1. The molecule has 3 rings (SSSR count). The summed E-state index contributed by atoms with van der Waals surface area (Å²) in [6, 6.07) is 10.2. The molecule has 1 amide bonds. The number of nitrogens with zero attached hydrogens (tertiary/aromatic N) is 2. The van der Waals surface area contributed by atoms with Crippen molar-refractivity contribution in [3.8, 4) is 5.75 Å². The molecule has 2 aromatic rings. The molecule has 1 heterocycles. The van der Waals surface area contributed by atoms with Crippen LogP contribution in [0.3, 0.4) is 0 Å². The van der Waals surface area contributed by atoms with Crippen LogP contribution in [0.15, 0.2) is 42.5 Å². The first-order valence-electron chi connectivity index (χ1n) is 10.5. The molecule has 0 saturated carbocycles. The van der Waals surface area contributed by atoms with Gasteiger partial charge in [0.15, 0.2) is 6.10 Å². The van der Waals surface area contributed by atoms with Crippen LogP contribution in [0.4, 0.5) is 18.9 Å². The van der Waals surface area contributed by atoms with Gasteiger partial charge in [-0.15, -0.1) is 12.4 Å². The third-order valence-corrected chi connectivity index (χ3v) is 5.62. The number of ether oxygens (including phenoxy) is 2. The Morgan fingerprint density at radius 2 is 1.79 bits per heavy atom. The minimum atomic E-state index is -4.52. The molecule has 0 aliphatic carbocycles. The van der Waals surface area contributed by atoms with Crippen molar-refractivity contribution in [1.29, 1.82) is 0 Å². The molecule has 186 valence electrons. The quantitative estimate of drug-likeness (QED) is 0.553. The zero-order valence-corrected chi connectivity index (χ0v) is 20.2. The molecule has 0 spiro atoms. The lowest BCUT2D eigenvalue weighted by Crippen LogP contribution is -2.45. The number of carbonyl (C=O) groups excluding carboxylic acids is 2. The molecule has 10 heteroatoms. The van der Waals surface area contributed by atoms with Gasteiger partial charge >= 0.3 is 12.1 Å². The van der Waals surface area contributed by atoms with E-state index in [1.165, 1.54) is 25.0 Å². The highest BCUT2D eigenvalue weighted by atomic mass is 35.5. The first-order chi connectivity index (χ1) is 15.5. The molecule has 0 bridgehead atoms. The average Bonchev–Trinajstić information content (AvgIpc) is 2.86. The molecular formula is C24H28ClF3N2O4. The maximum absolute atomic E-state index is 13.6. The Balaban J connectivity index is 0.00000408. The second-order valence-electron chi connectivity index (χ2n) is 8.25. The van der Waals surface area contributed by atoms with Gasteiger partial charge in [0.1, 0.15) is 5.75 Å². The maximum atomic E-state index is 13.6. The highest BCUT2D eigenvalue weighted by molar-refractivity contribution is 5.99. The Hall–Kier alpha value is -2.78. The van der Waals surface area contributed by atoms with E-state index in [0.29, 0.717) is 29.1 Å². The summed E-state index contributed by atoms with van der Waals surface area (Å²) in [4.78, 5) is 28.8. The van der Waals surface area contributed by atoms with Crippen LogP contribution in [-0.4, -0.2) is 57.2 Å². The summed E-state index contributed by atoms with van der Waals surface area (Å²) in [5, 5.41) is 0. The summed E-state index contributed by atoms with van der Waals surface area (Å²) in [6.07, 6.45) is -5.61. The van der Waals surface area contributed by atoms with Crippen LogP contribution in [-0.2, 0) is 26.9 Å². The molecule has 2 aromatic carbocycles. The van der Waals surface area contributed by atoms with E-state index in [-0.39, 0.29) is 25.4 Å². The molecule has 1 aliphatic rings. The maximum Gasteiger partial charge on any atom is 0.416 e. The standard InChI is InChI=1S/C24H27F3N2O4.ClH/c1-15(30)33-22-20(16-5-8-19(32-4)9-6-16)14-17-13-18(24(25,26)27)7-10-21(17)29(23(22)31)12-11-28(2)3;/h5-10,13,20,22H,11-12,14H2,1-4H3;1H/t20-,22+;/m0./s1. The number of fused-ring (bicyclic) bond motifs is 1. The van der Waals surface area contributed by atoms with E-state index in [1.54, 1.807) is 24.3 Å². The Kier molecular flexibility index (Phi) is 8.96. The first-order valence-corrected chi connectivity index (χ1v) is 10.5. The minimum Gasteiger partial charge on any atom is -0.497 e. The summed E-state index contributed by atoms with van der Waals surface area (Å²) in [6.45, 7) is 1.92. The van der Waals surface area contributed by atoms with E-state index in [0.717, 1.165) is 12.1 Å². The van der Waals surface area contributed by atoms with Crippen LogP contribution in [0.25, 0.3) is 0 Å². The highest BCUT2D eigenvalue weighted by Crippen LogP contribution is 2.40. The molecule has 0 saturated heterocycles. The van der Waals surface area contributed by atoms with Crippen molar-refractivity contribution >= 4 is 30.0 Å². The summed E-state index contributed by atoms with van der Waals surface area (Å²) in [7, 11) is 5.18. The minimum absolute atomic E-state index is 0. The van der Waals surface area contributed by atoms with Gasteiger partial charge in [0, 0.05) is 31.6 Å². The zero-order valence-electron chi connectivity index (χ0n) is 19.4. The first kappa shape index (κ1) is 27.5. The van der Waals surface area contributed by atoms with Crippen LogP contribution in [0.5, 0.6) is 5.75 Å². The molecule has 0 aromatic heterocycles. The summed E-state index contributed by atoms with van der Waals surface area (Å²) in [5.41, 5.74) is 0.629. The Labute approximate surface area is 203 Å². The number of likely N-dealkylation sites (N-methyl/N-ethyl adjacent to an activating group) is 1. The second kappa shape index (κ2) is 11.1. The summed E-state index contributed by atoms with van der Waals surface area (Å²) >= 11 is 0. The van der Waals surface area contributed by atoms with E-state index in [2.05, 4.69) is 0 Å². The van der Waals surface area contributed by atoms with E-state index < -0.39 is 35.6 Å². The molecule has 0 unspecified atom stereocenters. The van der Waals surface area contributed by atoms with Crippen molar-refractivity contribution in [2.75, 3.05) is 39.2 Å². The van der Waals surface area contributed by atoms with Crippen LogP contribution in [0, 0.1) is 0 Å². The number of methoxy groups -OCH3 is 1. The Morgan fingerprint density at radius 3 is 2.32 bits per heavy atom. The number of benzene rings is 2. The number of hydrogen-bond donors (Lipinski definition) is 0. The fraction of sp³-hybridized carbons (Fsp3) is 0.417. The number of carbonyl (C=O) groups is 2. The molecule has 2 atom stereocenters. The SMILES string of the molecule is COc1ccc([C@@H]2Cc3cc(C(F)(F)F)ccc3N(CCN(C)C)C(=O)[C@@H]2OC(C)=O)cc1.Cl. The topological polar surface area (TPSA) is 59.1 Å². The van der Waals surface area contributed by atoms with Gasteiger partial charge in [-0.25, -0.2) is 0 Å². The Bertz CT molecular complexity index is 1010. The van der Waals surface area contributed by atoms with Gasteiger partial charge in [-0.3, -0.25) is 9.59 Å². The fourth-order valence-corrected chi connectivity index (χ4v) is 3.96. The lowest BCUT2D eigenvalue weighted by molar-refractivity contribution is -0.154. The van der Waals surface area contributed by atoms with Gasteiger partial charge in [0.25, 0.3) is 5.91 Å². The number of hydrogen-bond acceptors (Lipinski definition) is 5. The average molecular weight is 501 g/mol. The largest absolute Gasteiger partial charge is 0.497 e. The van der Waals surface area contributed by atoms with Crippen LogP contribution in [0.1, 0.15) is 29.5 Å². The lowest BCUT2D eigenvalue weighted by Gasteiger charge is -2.29. The number of halogens is 4. The molecule has 0 radical (unpaired) electrons. The Morgan fingerprint density at radius 1 is 1.15 bits per heavy atom. The number of anilines is 1. The highest BCUT2D eigenvalue weighted by Gasteiger charge is 2.41. The third kappa shape index (κ3) is 6.21. The zero-order chi connectivity index (χ0) is 24.3. The van der Waals surface area contributed by atoms with Gasteiger partial charge in [-0.2, -0.15) is 13.2 Å². The summed E-state index contributed by atoms with van der Waals surface area (Å²) in [5.74, 6) is -1.18. The third-order valence-electron chi connectivity index (χ3n) is 5.62. The number of alkyl halides is 3. The van der Waals surface area contributed by atoms with Crippen molar-refractivity contribution in [3.63, 3.8) is 0 Å². The predicted octanol–water partition coefficient (Wildman–Crippen LogP) is 4.30. The van der Waals surface area contributed by atoms with Crippen LogP contribution < -0.4 is 9.64 Å². The van der Waals surface area contributed by atoms with Crippen molar-refractivity contribution in [2.24, 2.45) is 0 Å².